The lowest BCUT2D eigenvalue weighted by atomic mass is 10.2. The monoisotopic (exact) mass is 244 g/mol. The number of phenols is 1. The lowest BCUT2D eigenvalue weighted by Gasteiger charge is -2.11. The number of aromatic nitrogens is 1. The molecule has 0 saturated heterocycles. The maximum Gasteiger partial charge on any atom is 0.120 e. The van der Waals surface area contributed by atoms with Crippen molar-refractivity contribution in [2.75, 3.05) is 12.4 Å². The Labute approximate surface area is 106 Å². The lowest BCUT2D eigenvalue weighted by Crippen LogP contribution is -2.02. The van der Waals surface area contributed by atoms with E-state index in [2.05, 4.69) is 10.3 Å². The average molecular weight is 244 g/mol. The van der Waals surface area contributed by atoms with E-state index < -0.39 is 0 Å². The molecule has 0 spiro atoms. The summed E-state index contributed by atoms with van der Waals surface area (Å²) in [6.45, 7) is 2.46. The van der Waals surface area contributed by atoms with Gasteiger partial charge in [-0.3, -0.25) is 4.98 Å². The van der Waals surface area contributed by atoms with Crippen molar-refractivity contribution < 1.29 is 9.84 Å². The second-order valence-electron chi connectivity index (χ2n) is 3.98. The molecule has 2 N–H and O–H groups in total. The summed E-state index contributed by atoms with van der Waals surface area (Å²) < 4.78 is 5.13. The van der Waals surface area contributed by atoms with Crippen molar-refractivity contribution in [1.82, 2.24) is 4.98 Å². The van der Waals surface area contributed by atoms with Gasteiger partial charge in [0.25, 0.3) is 0 Å². The maximum absolute atomic E-state index is 9.77. The molecule has 0 fully saturated rings. The number of nitrogens with zero attached hydrogens (tertiary/aromatic N) is 1. The SMILES string of the molecule is COc1ccc(O)c(CNc2cccnc2C)c1. The van der Waals surface area contributed by atoms with Crippen molar-refractivity contribution in [3.63, 3.8) is 0 Å². The number of hydrogen-bond donors (Lipinski definition) is 2. The zero-order valence-electron chi connectivity index (χ0n) is 10.5. The van der Waals surface area contributed by atoms with Crippen molar-refractivity contribution in [3.05, 3.63) is 47.8 Å². The molecule has 0 aliphatic heterocycles. The van der Waals surface area contributed by atoms with Crippen molar-refractivity contribution in [2.45, 2.75) is 13.5 Å². The van der Waals surface area contributed by atoms with Crippen LogP contribution in [0.3, 0.4) is 0 Å². The molecule has 2 rings (SSSR count). The predicted octanol–water partition coefficient (Wildman–Crippen LogP) is 2.72. The fourth-order valence-corrected chi connectivity index (χ4v) is 1.69. The number of pyridine rings is 1. The normalized spacial score (nSPS) is 10.1. The van der Waals surface area contributed by atoms with Crippen LogP contribution in [0.4, 0.5) is 5.69 Å². The number of methoxy groups -OCH3 is 1. The molecule has 4 heteroatoms. The smallest absolute Gasteiger partial charge is 0.120 e. The van der Waals surface area contributed by atoms with Gasteiger partial charge < -0.3 is 15.2 Å². The quantitative estimate of drug-likeness (QED) is 0.868. The van der Waals surface area contributed by atoms with Crippen molar-refractivity contribution in [1.29, 1.82) is 0 Å². The number of aryl methyl sites for hydroxylation is 1. The third-order valence-electron chi connectivity index (χ3n) is 2.76. The molecule has 0 atom stereocenters. The van der Waals surface area contributed by atoms with Crippen LogP contribution in [-0.2, 0) is 6.54 Å². The summed E-state index contributed by atoms with van der Waals surface area (Å²) >= 11 is 0. The van der Waals surface area contributed by atoms with Gasteiger partial charge in [-0.05, 0) is 37.3 Å². The highest BCUT2D eigenvalue weighted by atomic mass is 16.5. The topological polar surface area (TPSA) is 54.4 Å². The van der Waals surface area contributed by atoms with E-state index in [4.69, 9.17) is 4.74 Å². The molecule has 4 nitrogen and oxygen atoms in total. The van der Waals surface area contributed by atoms with E-state index in [1.54, 1.807) is 25.4 Å². The minimum Gasteiger partial charge on any atom is -0.508 e. The molecule has 0 amide bonds. The highest BCUT2D eigenvalue weighted by molar-refractivity contribution is 5.49. The Kier molecular flexibility index (Phi) is 3.67. The zero-order chi connectivity index (χ0) is 13.0. The minimum atomic E-state index is 0.254. The summed E-state index contributed by atoms with van der Waals surface area (Å²) in [5.41, 5.74) is 2.68. The van der Waals surface area contributed by atoms with Crippen LogP contribution in [0.5, 0.6) is 11.5 Å². The first-order chi connectivity index (χ1) is 8.70. The highest BCUT2D eigenvalue weighted by Crippen LogP contribution is 2.24. The molecule has 0 bridgehead atoms. The molecule has 0 radical (unpaired) electrons. The number of hydrogen-bond acceptors (Lipinski definition) is 4. The molecule has 1 aromatic heterocycles. The number of nitrogens with one attached hydrogen (secondary N) is 1. The van der Waals surface area contributed by atoms with Crippen molar-refractivity contribution in [2.24, 2.45) is 0 Å². The fourth-order valence-electron chi connectivity index (χ4n) is 1.69. The first kappa shape index (κ1) is 12.2. The van der Waals surface area contributed by atoms with E-state index in [0.29, 0.717) is 6.54 Å². The predicted molar refractivity (Wildman–Crippen MR) is 71.0 cm³/mol. The van der Waals surface area contributed by atoms with Gasteiger partial charge in [0.15, 0.2) is 0 Å². The molecular formula is C14H16N2O2. The molecule has 1 aromatic carbocycles. The largest absolute Gasteiger partial charge is 0.508 e. The Hall–Kier alpha value is -2.23. The van der Waals surface area contributed by atoms with E-state index >= 15 is 0 Å². The van der Waals surface area contributed by atoms with E-state index in [1.165, 1.54) is 0 Å². The van der Waals surface area contributed by atoms with Crippen LogP contribution in [0.25, 0.3) is 0 Å². The molecule has 0 aliphatic carbocycles. The first-order valence-electron chi connectivity index (χ1n) is 5.72. The molecule has 18 heavy (non-hydrogen) atoms. The molecule has 94 valence electrons. The second kappa shape index (κ2) is 5.40. The Morgan fingerprint density at radius 1 is 1.33 bits per heavy atom. The molecule has 0 saturated carbocycles. The Bertz CT molecular complexity index is 541. The standard InChI is InChI=1S/C14H16N2O2/c1-10-13(4-3-7-15-10)16-9-11-8-12(18-2)5-6-14(11)17/h3-8,16-17H,9H2,1-2H3. The summed E-state index contributed by atoms with van der Waals surface area (Å²) in [5, 5.41) is 13.0. The molecule has 2 aromatic rings. The van der Waals surface area contributed by atoms with Gasteiger partial charge in [-0.2, -0.15) is 0 Å². The summed E-state index contributed by atoms with van der Waals surface area (Å²) in [7, 11) is 1.61. The molecule has 0 aliphatic rings. The number of rotatable bonds is 4. The fraction of sp³-hybridized carbons (Fsp3) is 0.214. The second-order valence-corrected chi connectivity index (χ2v) is 3.98. The van der Waals surface area contributed by atoms with E-state index in [0.717, 1.165) is 22.7 Å². The van der Waals surface area contributed by atoms with Crippen LogP contribution < -0.4 is 10.1 Å². The van der Waals surface area contributed by atoms with Crippen LogP contribution in [0.2, 0.25) is 0 Å². The van der Waals surface area contributed by atoms with Gasteiger partial charge in [-0.15, -0.1) is 0 Å². The lowest BCUT2D eigenvalue weighted by molar-refractivity contribution is 0.411. The third kappa shape index (κ3) is 2.71. The Morgan fingerprint density at radius 3 is 2.89 bits per heavy atom. The number of phenolic OH excluding ortho intramolecular Hbond substituents is 1. The van der Waals surface area contributed by atoms with Crippen molar-refractivity contribution in [3.8, 4) is 11.5 Å². The van der Waals surface area contributed by atoms with Gasteiger partial charge in [0, 0.05) is 18.3 Å². The van der Waals surface area contributed by atoms with Crippen LogP contribution in [-0.4, -0.2) is 17.2 Å². The van der Waals surface area contributed by atoms with Crippen molar-refractivity contribution >= 4 is 5.69 Å². The summed E-state index contributed by atoms with van der Waals surface area (Å²) in [6.07, 6.45) is 1.75. The average Bonchev–Trinajstić information content (AvgIpc) is 2.39. The highest BCUT2D eigenvalue weighted by Gasteiger charge is 2.04. The number of ether oxygens (including phenoxy) is 1. The zero-order valence-corrected chi connectivity index (χ0v) is 10.5. The maximum atomic E-state index is 9.77. The van der Waals surface area contributed by atoms with Crippen LogP contribution in [0.1, 0.15) is 11.3 Å². The van der Waals surface area contributed by atoms with Gasteiger partial charge in [0.1, 0.15) is 11.5 Å². The minimum absolute atomic E-state index is 0.254. The Morgan fingerprint density at radius 2 is 2.17 bits per heavy atom. The Balaban J connectivity index is 2.13. The van der Waals surface area contributed by atoms with E-state index in [9.17, 15) is 5.11 Å². The summed E-state index contributed by atoms with van der Waals surface area (Å²) in [4.78, 5) is 4.20. The van der Waals surface area contributed by atoms with Crippen LogP contribution in [0, 0.1) is 6.92 Å². The van der Waals surface area contributed by atoms with Gasteiger partial charge in [0.2, 0.25) is 0 Å². The van der Waals surface area contributed by atoms with Gasteiger partial charge in [-0.25, -0.2) is 0 Å². The van der Waals surface area contributed by atoms with Gasteiger partial charge in [0.05, 0.1) is 18.5 Å². The summed E-state index contributed by atoms with van der Waals surface area (Å²) in [5.74, 6) is 0.984. The van der Waals surface area contributed by atoms with Crippen LogP contribution in [0.15, 0.2) is 36.5 Å². The van der Waals surface area contributed by atoms with E-state index in [-0.39, 0.29) is 5.75 Å². The number of anilines is 1. The molecule has 0 unspecified atom stereocenters. The van der Waals surface area contributed by atoms with Gasteiger partial charge >= 0.3 is 0 Å². The molecule has 1 heterocycles. The van der Waals surface area contributed by atoms with Crippen LogP contribution >= 0.6 is 0 Å². The number of aromatic hydroxyl groups is 1. The van der Waals surface area contributed by atoms with Gasteiger partial charge in [-0.1, -0.05) is 0 Å². The van der Waals surface area contributed by atoms with E-state index in [1.807, 2.05) is 25.1 Å². The molecular weight excluding hydrogens is 228 g/mol. The third-order valence-corrected chi connectivity index (χ3v) is 2.76. The number of benzene rings is 1. The summed E-state index contributed by atoms with van der Waals surface area (Å²) in [6, 6.07) is 9.01. The first-order valence-corrected chi connectivity index (χ1v) is 5.72.